The lowest BCUT2D eigenvalue weighted by Gasteiger charge is -2.14. The van der Waals surface area contributed by atoms with E-state index in [9.17, 15) is 13.2 Å². The van der Waals surface area contributed by atoms with E-state index in [-0.39, 0.29) is 23.0 Å². The van der Waals surface area contributed by atoms with Crippen LogP contribution in [0, 0.1) is 18.3 Å². The molecule has 1 amide bonds. The average Bonchev–Trinajstić information content (AvgIpc) is 2.73. The third kappa shape index (κ3) is 6.60. The summed E-state index contributed by atoms with van der Waals surface area (Å²) in [6.07, 6.45) is 0. The number of nitrogens with one attached hydrogen (secondary N) is 1. The number of hydrogen-bond acceptors (Lipinski definition) is 6. The summed E-state index contributed by atoms with van der Waals surface area (Å²) in [4.78, 5) is 12.3. The average molecular weight is 506 g/mol. The van der Waals surface area contributed by atoms with Gasteiger partial charge in [0.2, 0.25) is 10.0 Å². The molecular weight excluding hydrogens is 489 g/mol. The van der Waals surface area contributed by atoms with Gasteiger partial charge < -0.3 is 14.8 Å². The molecule has 3 aromatic carbocycles. The van der Waals surface area contributed by atoms with Crippen LogP contribution in [0.4, 0.5) is 5.69 Å². The Morgan fingerprint density at radius 2 is 1.82 bits per heavy atom. The van der Waals surface area contributed by atoms with Crippen LogP contribution in [0.25, 0.3) is 0 Å². The molecule has 11 heteroatoms. The maximum absolute atomic E-state index is 12.4. The summed E-state index contributed by atoms with van der Waals surface area (Å²) in [5.41, 5.74) is 1.23. The summed E-state index contributed by atoms with van der Waals surface area (Å²) in [6.45, 7) is 1.27. The summed E-state index contributed by atoms with van der Waals surface area (Å²) >= 11 is 12.1. The number of hydrogen-bond donors (Lipinski definition) is 2. The van der Waals surface area contributed by atoms with E-state index in [1.54, 1.807) is 13.0 Å². The fourth-order valence-electron chi connectivity index (χ4n) is 2.78. The van der Waals surface area contributed by atoms with Crippen LogP contribution in [0.1, 0.15) is 11.1 Å². The van der Waals surface area contributed by atoms with Gasteiger partial charge in [-0.2, -0.15) is 5.26 Å². The van der Waals surface area contributed by atoms with Crippen LogP contribution in [-0.2, 0) is 14.8 Å². The lowest BCUT2D eigenvalue weighted by molar-refractivity contribution is -0.118. The second kappa shape index (κ2) is 10.1. The molecule has 0 aliphatic rings. The van der Waals surface area contributed by atoms with E-state index < -0.39 is 15.9 Å². The largest absolute Gasteiger partial charge is 0.480 e. The molecule has 0 aromatic heterocycles. The van der Waals surface area contributed by atoms with Gasteiger partial charge in [-0.05, 0) is 61.0 Å². The maximum atomic E-state index is 12.4. The lowest BCUT2D eigenvalue weighted by atomic mass is 10.2. The number of nitriles is 1. The Morgan fingerprint density at radius 3 is 2.48 bits per heavy atom. The molecule has 33 heavy (non-hydrogen) atoms. The molecule has 0 heterocycles. The van der Waals surface area contributed by atoms with Gasteiger partial charge in [0.15, 0.2) is 18.1 Å². The molecular formula is C22H17Cl2N3O5S. The van der Waals surface area contributed by atoms with Crippen LogP contribution in [-0.4, -0.2) is 20.9 Å². The van der Waals surface area contributed by atoms with Crippen LogP contribution < -0.4 is 19.9 Å². The summed E-state index contributed by atoms with van der Waals surface area (Å²) in [7, 11) is -3.85. The first kappa shape index (κ1) is 24.4. The normalized spacial score (nSPS) is 10.9. The Labute approximate surface area is 200 Å². The SMILES string of the molecule is Cc1cc(S(N)(=O)=O)ccc1NC(=O)COc1ccc(Cl)cc1Oc1cc(Cl)cc(C#N)c1. The molecule has 170 valence electrons. The van der Waals surface area contributed by atoms with E-state index in [2.05, 4.69) is 5.32 Å². The highest BCUT2D eigenvalue weighted by Gasteiger charge is 2.14. The number of amides is 1. The lowest BCUT2D eigenvalue weighted by Crippen LogP contribution is -2.21. The van der Waals surface area contributed by atoms with Crippen LogP contribution >= 0.6 is 23.2 Å². The molecule has 3 aromatic rings. The van der Waals surface area contributed by atoms with E-state index in [4.69, 9.17) is 43.1 Å². The summed E-state index contributed by atoms with van der Waals surface area (Å²) in [5.74, 6) is 0.252. The fourth-order valence-corrected chi connectivity index (χ4v) is 3.76. The van der Waals surface area contributed by atoms with Crippen LogP contribution in [0.2, 0.25) is 10.0 Å². The van der Waals surface area contributed by atoms with Crippen molar-refractivity contribution in [2.75, 3.05) is 11.9 Å². The number of carbonyl (C=O) groups excluding carboxylic acids is 1. The summed E-state index contributed by atoms with van der Waals surface area (Å²) in [6, 6.07) is 15.2. The first-order valence-electron chi connectivity index (χ1n) is 9.29. The minimum absolute atomic E-state index is 0.0576. The number of rotatable bonds is 7. The quantitative estimate of drug-likeness (QED) is 0.480. The molecule has 3 rings (SSSR count). The van der Waals surface area contributed by atoms with Gasteiger partial charge in [0.1, 0.15) is 5.75 Å². The number of primary sulfonamides is 1. The molecule has 0 saturated carbocycles. The van der Waals surface area contributed by atoms with E-state index in [1.165, 1.54) is 48.5 Å². The molecule has 0 bridgehead atoms. The Morgan fingerprint density at radius 1 is 1.06 bits per heavy atom. The highest BCUT2D eigenvalue weighted by molar-refractivity contribution is 7.89. The summed E-state index contributed by atoms with van der Waals surface area (Å²) < 4.78 is 34.3. The van der Waals surface area contributed by atoms with Crippen molar-refractivity contribution in [2.24, 2.45) is 5.14 Å². The van der Waals surface area contributed by atoms with Gasteiger partial charge in [0, 0.05) is 21.8 Å². The van der Waals surface area contributed by atoms with Crippen molar-refractivity contribution in [3.63, 3.8) is 0 Å². The first-order chi connectivity index (χ1) is 15.5. The number of halogens is 2. The number of ether oxygens (including phenoxy) is 2. The molecule has 0 spiro atoms. The van der Waals surface area contributed by atoms with Gasteiger partial charge in [0.05, 0.1) is 16.5 Å². The van der Waals surface area contributed by atoms with Gasteiger partial charge in [-0.3, -0.25) is 4.79 Å². The van der Waals surface area contributed by atoms with Gasteiger partial charge in [-0.15, -0.1) is 0 Å². The van der Waals surface area contributed by atoms with Crippen LogP contribution in [0.5, 0.6) is 17.2 Å². The molecule has 8 nitrogen and oxygen atoms in total. The van der Waals surface area contributed by atoms with Gasteiger partial charge in [-0.25, -0.2) is 13.6 Å². The number of benzene rings is 3. The number of sulfonamides is 1. The molecule has 0 saturated heterocycles. The van der Waals surface area contributed by atoms with Crippen molar-refractivity contribution in [1.82, 2.24) is 0 Å². The second-order valence-corrected chi connectivity index (χ2v) is 9.27. The molecule has 0 aliphatic carbocycles. The molecule has 0 aliphatic heterocycles. The molecule has 3 N–H and O–H groups in total. The highest BCUT2D eigenvalue weighted by atomic mass is 35.5. The number of carbonyl (C=O) groups is 1. The van der Waals surface area contributed by atoms with Crippen LogP contribution in [0.3, 0.4) is 0 Å². The Balaban J connectivity index is 1.72. The van der Waals surface area contributed by atoms with E-state index >= 15 is 0 Å². The van der Waals surface area contributed by atoms with Gasteiger partial charge in [-0.1, -0.05) is 23.2 Å². The third-order valence-electron chi connectivity index (χ3n) is 4.29. The number of anilines is 1. The van der Waals surface area contributed by atoms with Crippen LogP contribution in [0.15, 0.2) is 59.5 Å². The Kier molecular flexibility index (Phi) is 7.46. The van der Waals surface area contributed by atoms with Crippen molar-refractivity contribution in [3.8, 4) is 23.3 Å². The first-order valence-corrected chi connectivity index (χ1v) is 11.6. The predicted octanol–water partition coefficient (Wildman–Crippen LogP) is 4.63. The fraction of sp³-hybridized carbons (Fsp3) is 0.0909. The predicted molar refractivity (Wildman–Crippen MR) is 124 cm³/mol. The van der Waals surface area contributed by atoms with Crippen molar-refractivity contribution < 1.29 is 22.7 Å². The zero-order chi connectivity index (χ0) is 24.2. The zero-order valence-electron chi connectivity index (χ0n) is 17.1. The Bertz CT molecular complexity index is 1370. The number of nitrogens with zero attached hydrogens (tertiary/aromatic N) is 1. The van der Waals surface area contributed by atoms with Crippen molar-refractivity contribution in [1.29, 1.82) is 5.26 Å². The van der Waals surface area contributed by atoms with Crippen molar-refractivity contribution in [3.05, 3.63) is 75.8 Å². The minimum Gasteiger partial charge on any atom is -0.480 e. The highest BCUT2D eigenvalue weighted by Crippen LogP contribution is 2.35. The van der Waals surface area contributed by atoms with Gasteiger partial charge in [0.25, 0.3) is 5.91 Å². The van der Waals surface area contributed by atoms with Crippen molar-refractivity contribution in [2.45, 2.75) is 11.8 Å². The molecule has 0 radical (unpaired) electrons. The standard InChI is InChI=1S/C22H17Cl2N3O5S/c1-13-6-18(33(26,29)30)3-4-19(13)27-22(28)12-31-20-5-2-15(23)10-21(20)32-17-8-14(11-25)7-16(24)9-17/h2-10H,12H2,1H3,(H,27,28)(H2,26,29,30). The zero-order valence-corrected chi connectivity index (χ0v) is 19.5. The second-order valence-electron chi connectivity index (χ2n) is 6.84. The molecule has 0 atom stereocenters. The monoisotopic (exact) mass is 505 g/mol. The Hall–Kier alpha value is -3.29. The third-order valence-corrected chi connectivity index (χ3v) is 5.66. The minimum atomic E-state index is -3.85. The summed E-state index contributed by atoms with van der Waals surface area (Å²) in [5, 5.41) is 17.5. The van der Waals surface area contributed by atoms with E-state index in [1.807, 2.05) is 6.07 Å². The topological polar surface area (TPSA) is 132 Å². The smallest absolute Gasteiger partial charge is 0.262 e. The molecule has 0 unspecified atom stereocenters. The molecule has 0 fully saturated rings. The van der Waals surface area contributed by atoms with Gasteiger partial charge >= 0.3 is 0 Å². The maximum Gasteiger partial charge on any atom is 0.262 e. The number of nitrogens with two attached hydrogens (primary N) is 1. The number of aryl methyl sites for hydroxylation is 1. The van der Waals surface area contributed by atoms with Crippen molar-refractivity contribution >= 4 is 44.8 Å². The van der Waals surface area contributed by atoms with E-state index in [0.29, 0.717) is 32.6 Å². The van der Waals surface area contributed by atoms with E-state index in [0.717, 1.165) is 0 Å².